The molecule has 0 fully saturated rings. The second kappa shape index (κ2) is 8.99. The molecule has 11 heteroatoms. The Labute approximate surface area is 207 Å². The topological polar surface area (TPSA) is 119 Å². The molecule has 4 rings (SSSR count). The molecule has 0 bridgehead atoms. The highest BCUT2D eigenvalue weighted by Gasteiger charge is 2.40. The molecule has 0 spiro atoms. The Morgan fingerprint density at radius 3 is 1.74 bits per heavy atom. The van der Waals surface area contributed by atoms with E-state index in [2.05, 4.69) is 4.98 Å². The zero-order chi connectivity index (χ0) is 25.5. The molecule has 1 aromatic heterocycles. The van der Waals surface area contributed by atoms with Crippen LogP contribution in [0, 0.1) is 6.92 Å². The number of hydrogen-bond acceptors (Lipinski definition) is 8. The van der Waals surface area contributed by atoms with Crippen LogP contribution in [-0.2, 0) is 20.0 Å². The number of aromatic nitrogens is 1. The lowest BCUT2D eigenvalue weighted by molar-refractivity contribution is 0.100. The summed E-state index contributed by atoms with van der Waals surface area (Å²) in [7, 11) is -9.70. The number of anilines is 1. The molecule has 0 radical (unpaired) electrons. The number of rotatable bonds is 7. The van der Waals surface area contributed by atoms with E-state index in [1.807, 2.05) is 0 Å². The standard InChI is InChI=1S/C24H20N2O6S3/c1-15(27)19-8-4-6-10-23(19)34(29,30)26(18-12-13-22-21(14-18)25-17(3)33-22)35(31,32)24-11-7-5-9-20(24)16(2)28/h4-14H,1-3H3. The number of carbonyl (C=O) groups excluding carboxylic acids is 2. The summed E-state index contributed by atoms with van der Waals surface area (Å²) in [6, 6.07) is 15.1. The lowest BCUT2D eigenvalue weighted by Crippen LogP contribution is -2.38. The zero-order valence-corrected chi connectivity index (χ0v) is 21.4. The van der Waals surface area contributed by atoms with Crippen LogP contribution in [0.15, 0.2) is 76.5 Å². The number of sulfonamides is 2. The van der Waals surface area contributed by atoms with Crippen LogP contribution in [0.5, 0.6) is 0 Å². The third-order valence-electron chi connectivity index (χ3n) is 5.21. The molecule has 8 nitrogen and oxygen atoms in total. The molecule has 0 saturated carbocycles. The van der Waals surface area contributed by atoms with Gasteiger partial charge >= 0.3 is 0 Å². The summed E-state index contributed by atoms with van der Waals surface area (Å²) in [6.45, 7) is 4.17. The van der Waals surface area contributed by atoms with Gasteiger partial charge in [-0.1, -0.05) is 36.4 Å². The molecule has 0 amide bonds. The van der Waals surface area contributed by atoms with E-state index >= 15 is 0 Å². The third kappa shape index (κ3) is 4.38. The molecule has 3 aromatic carbocycles. The van der Waals surface area contributed by atoms with Gasteiger partial charge in [-0.25, -0.2) is 4.98 Å². The van der Waals surface area contributed by atoms with Crippen LogP contribution in [0.3, 0.4) is 0 Å². The van der Waals surface area contributed by atoms with Crippen molar-refractivity contribution in [3.63, 3.8) is 0 Å². The van der Waals surface area contributed by atoms with Crippen molar-refractivity contribution in [2.75, 3.05) is 3.71 Å². The van der Waals surface area contributed by atoms with Crippen molar-refractivity contribution in [3.05, 3.63) is 82.9 Å². The Hall–Kier alpha value is -3.41. The Bertz CT molecular complexity index is 1620. The van der Waals surface area contributed by atoms with E-state index in [1.165, 1.54) is 85.8 Å². The van der Waals surface area contributed by atoms with Gasteiger partial charge in [0.1, 0.15) is 0 Å². The van der Waals surface area contributed by atoms with Gasteiger partial charge in [-0.15, -0.1) is 11.3 Å². The third-order valence-corrected chi connectivity index (χ3v) is 10.5. The van der Waals surface area contributed by atoms with Gasteiger partial charge in [0, 0.05) is 11.1 Å². The van der Waals surface area contributed by atoms with Crippen LogP contribution < -0.4 is 3.71 Å². The predicted octanol–water partition coefficient (Wildman–Crippen LogP) is 4.59. The molecule has 0 N–H and O–H groups in total. The van der Waals surface area contributed by atoms with Crippen LogP contribution in [0.1, 0.15) is 39.6 Å². The number of aryl methyl sites for hydroxylation is 1. The summed E-state index contributed by atoms with van der Waals surface area (Å²) in [5.74, 6) is -1.09. The Kier molecular flexibility index (Phi) is 6.34. The Morgan fingerprint density at radius 2 is 1.26 bits per heavy atom. The summed E-state index contributed by atoms with van der Waals surface area (Å²) in [6.07, 6.45) is 0. The SMILES string of the molecule is CC(=O)c1ccccc1S(=O)(=O)N(c1ccc2sc(C)nc2c1)S(=O)(=O)c1ccccc1C(C)=O. The van der Waals surface area contributed by atoms with Crippen molar-refractivity contribution in [2.45, 2.75) is 30.6 Å². The molecule has 0 unspecified atom stereocenters. The molecule has 35 heavy (non-hydrogen) atoms. The van der Waals surface area contributed by atoms with Gasteiger partial charge in [-0.3, -0.25) is 9.59 Å². The summed E-state index contributed by atoms with van der Waals surface area (Å²) in [5, 5.41) is 0.721. The highest BCUT2D eigenvalue weighted by molar-refractivity contribution is 8.10. The summed E-state index contributed by atoms with van der Waals surface area (Å²) in [5.41, 5.74) is -0.0871. The van der Waals surface area contributed by atoms with E-state index in [0.717, 1.165) is 9.71 Å². The van der Waals surface area contributed by atoms with Gasteiger partial charge in [0.05, 0.1) is 30.7 Å². The average molecular weight is 529 g/mol. The molecule has 1 heterocycles. The van der Waals surface area contributed by atoms with Crippen LogP contribution in [-0.4, -0.2) is 33.4 Å². The van der Waals surface area contributed by atoms with Crippen molar-refractivity contribution in [1.82, 2.24) is 4.98 Å². The summed E-state index contributed by atoms with van der Waals surface area (Å²) < 4.78 is 57.0. The second-order valence-electron chi connectivity index (χ2n) is 7.70. The van der Waals surface area contributed by atoms with Crippen LogP contribution in [0.2, 0.25) is 0 Å². The van der Waals surface area contributed by atoms with E-state index < -0.39 is 41.4 Å². The molecular weight excluding hydrogens is 508 g/mol. The van der Waals surface area contributed by atoms with Crippen molar-refractivity contribution in [3.8, 4) is 0 Å². The first-order valence-corrected chi connectivity index (χ1v) is 14.0. The highest BCUT2D eigenvalue weighted by Crippen LogP contribution is 2.35. The van der Waals surface area contributed by atoms with Gasteiger partial charge in [0.15, 0.2) is 11.6 Å². The Balaban J connectivity index is 2.07. The number of ketones is 2. The van der Waals surface area contributed by atoms with E-state index in [9.17, 15) is 26.4 Å². The average Bonchev–Trinajstić information content (AvgIpc) is 3.18. The molecule has 0 aliphatic carbocycles. The van der Waals surface area contributed by atoms with E-state index in [-0.39, 0.29) is 20.5 Å². The van der Waals surface area contributed by atoms with Gasteiger partial charge < -0.3 is 0 Å². The van der Waals surface area contributed by atoms with Crippen LogP contribution in [0.25, 0.3) is 10.2 Å². The molecule has 0 saturated heterocycles. The first-order valence-electron chi connectivity index (χ1n) is 10.3. The number of thiazole rings is 1. The van der Waals surface area contributed by atoms with Crippen LogP contribution in [0.4, 0.5) is 5.69 Å². The van der Waals surface area contributed by atoms with Gasteiger partial charge in [-0.2, -0.15) is 20.5 Å². The molecular formula is C24H20N2O6S3. The van der Waals surface area contributed by atoms with Gasteiger partial charge in [0.25, 0.3) is 20.0 Å². The monoisotopic (exact) mass is 528 g/mol. The number of nitrogens with zero attached hydrogens (tertiary/aromatic N) is 2. The fourth-order valence-electron chi connectivity index (χ4n) is 3.69. The predicted molar refractivity (Wildman–Crippen MR) is 134 cm³/mol. The fourth-order valence-corrected chi connectivity index (χ4v) is 8.64. The van der Waals surface area contributed by atoms with Crippen molar-refractivity contribution < 1.29 is 26.4 Å². The highest BCUT2D eigenvalue weighted by atomic mass is 32.3. The second-order valence-corrected chi connectivity index (χ2v) is 12.7. The maximum Gasteiger partial charge on any atom is 0.278 e. The minimum atomic E-state index is -4.85. The molecule has 0 aliphatic heterocycles. The van der Waals surface area contributed by atoms with E-state index in [1.54, 1.807) is 13.0 Å². The maximum absolute atomic E-state index is 14.0. The zero-order valence-electron chi connectivity index (χ0n) is 18.9. The first kappa shape index (κ1) is 24.7. The van der Waals surface area contributed by atoms with Crippen molar-refractivity contribution in [1.29, 1.82) is 0 Å². The minimum absolute atomic E-state index is 0.155. The molecule has 0 aliphatic rings. The molecule has 4 aromatic rings. The molecule has 180 valence electrons. The normalized spacial score (nSPS) is 12.0. The van der Waals surface area contributed by atoms with Crippen LogP contribution >= 0.6 is 11.3 Å². The maximum atomic E-state index is 14.0. The fraction of sp³-hybridized carbons (Fsp3) is 0.125. The molecule has 0 atom stereocenters. The number of fused-ring (bicyclic) bond motifs is 1. The minimum Gasteiger partial charge on any atom is -0.294 e. The van der Waals surface area contributed by atoms with E-state index in [0.29, 0.717) is 5.52 Å². The number of hydrogen-bond donors (Lipinski definition) is 0. The van der Waals surface area contributed by atoms with Crippen molar-refractivity contribution in [2.24, 2.45) is 0 Å². The number of carbonyl (C=O) groups is 2. The van der Waals surface area contributed by atoms with Gasteiger partial charge in [0.2, 0.25) is 0 Å². The van der Waals surface area contributed by atoms with Gasteiger partial charge in [-0.05, 0) is 51.1 Å². The van der Waals surface area contributed by atoms with E-state index in [4.69, 9.17) is 0 Å². The lowest BCUT2D eigenvalue weighted by atomic mass is 10.1. The number of Topliss-reactive ketones (excluding diaryl/α,β-unsaturated/α-hetero) is 2. The first-order chi connectivity index (χ1) is 16.4. The summed E-state index contributed by atoms with van der Waals surface area (Å²) in [4.78, 5) is 27.9. The smallest absolute Gasteiger partial charge is 0.278 e. The quantitative estimate of drug-likeness (QED) is 0.322. The largest absolute Gasteiger partial charge is 0.294 e. The Morgan fingerprint density at radius 1 is 0.771 bits per heavy atom. The lowest BCUT2D eigenvalue weighted by Gasteiger charge is -2.25. The van der Waals surface area contributed by atoms with Crippen molar-refractivity contribution >= 4 is 58.9 Å². The summed E-state index contributed by atoms with van der Waals surface area (Å²) >= 11 is 1.38. The number of benzene rings is 3.